The average molecular weight is 266 g/mol. The van der Waals surface area contributed by atoms with E-state index in [1.165, 1.54) is 6.42 Å². The van der Waals surface area contributed by atoms with Gasteiger partial charge in [0.25, 0.3) is 0 Å². The van der Waals surface area contributed by atoms with Crippen molar-refractivity contribution in [3.05, 3.63) is 0 Å². The molecule has 2 rings (SSSR count). The SMILES string of the molecule is C[C@@H]1CCCC[C@@H]1NC(=O)[C@@H]1CCCC[C@@H]1C(=O)[O-]. The van der Waals surface area contributed by atoms with Crippen molar-refractivity contribution >= 4 is 11.9 Å². The molecule has 0 radical (unpaired) electrons. The molecule has 0 saturated heterocycles. The Kier molecular flexibility index (Phi) is 4.83. The molecule has 0 aromatic carbocycles. The lowest BCUT2D eigenvalue weighted by atomic mass is 9.78. The summed E-state index contributed by atoms with van der Waals surface area (Å²) < 4.78 is 0. The molecule has 4 atom stereocenters. The monoisotopic (exact) mass is 266 g/mol. The summed E-state index contributed by atoms with van der Waals surface area (Å²) in [5.41, 5.74) is 0. The van der Waals surface area contributed by atoms with Crippen LogP contribution < -0.4 is 10.4 Å². The Morgan fingerprint density at radius 2 is 1.53 bits per heavy atom. The van der Waals surface area contributed by atoms with Gasteiger partial charge in [-0.25, -0.2) is 0 Å². The molecule has 1 amide bonds. The Bertz CT molecular complexity index is 342. The van der Waals surface area contributed by atoms with Crippen LogP contribution in [0.1, 0.15) is 58.3 Å². The van der Waals surface area contributed by atoms with E-state index in [1.807, 2.05) is 0 Å². The Balaban J connectivity index is 1.95. The second-order valence-electron chi connectivity index (χ2n) is 6.19. The van der Waals surface area contributed by atoms with E-state index in [0.29, 0.717) is 18.8 Å². The average Bonchev–Trinajstić information content (AvgIpc) is 2.41. The first-order valence-corrected chi connectivity index (χ1v) is 7.61. The van der Waals surface area contributed by atoms with Gasteiger partial charge in [0, 0.05) is 23.8 Å². The highest BCUT2D eigenvalue weighted by Gasteiger charge is 2.33. The van der Waals surface area contributed by atoms with Gasteiger partial charge in [-0.2, -0.15) is 0 Å². The van der Waals surface area contributed by atoms with E-state index in [9.17, 15) is 14.7 Å². The number of carbonyl (C=O) groups is 2. The zero-order chi connectivity index (χ0) is 13.8. The summed E-state index contributed by atoms with van der Waals surface area (Å²) in [6.07, 6.45) is 7.67. The van der Waals surface area contributed by atoms with Crippen molar-refractivity contribution in [1.82, 2.24) is 5.32 Å². The number of carboxylic acid groups (broad SMARTS) is 1. The van der Waals surface area contributed by atoms with Crippen LogP contribution in [0.5, 0.6) is 0 Å². The summed E-state index contributed by atoms with van der Waals surface area (Å²) in [5.74, 6) is -1.59. The van der Waals surface area contributed by atoms with Crippen molar-refractivity contribution in [2.24, 2.45) is 17.8 Å². The van der Waals surface area contributed by atoms with E-state index in [2.05, 4.69) is 12.2 Å². The first kappa shape index (κ1) is 14.4. The largest absolute Gasteiger partial charge is 0.550 e. The Morgan fingerprint density at radius 3 is 2.16 bits per heavy atom. The third-order valence-electron chi connectivity index (χ3n) is 4.84. The number of hydrogen-bond acceptors (Lipinski definition) is 3. The van der Waals surface area contributed by atoms with Crippen LogP contribution in [0.15, 0.2) is 0 Å². The minimum atomic E-state index is -1.06. The standard InChI is InChI=1S/C15H25NO3/c1-10-6-2-5-9-13(10)16-14(17)11-7-3-4-8-12(11)15(18)19/h10-13H,2-9H2,1H3,(H,16,17)(H,18,19)/p-1/t10-,11-,12+,13+/m1/s1. The molecular weight excluding hydrogens is 242 g/mol. The summed E-state index contributed by atoms with van der Waals surface area (Å²) in [5, 5.41) is 14.2. The molecule has 2 aliphatic carbocycles. The van der Waals surface area contributed by atoms with E-state index in [-0.39, 0.29) is 17.9 Å². The van der Waals surface area contributed by atoms with E-state index < -0.39 is 11.9 Å². The number of nitrogens with one attached hydrogen (secondary N) is 1. The van der Waals surface area contributed by atoms with Crippen LogP contribution >= 0.6 is 0 Å². The zero-order valence-electron chi connectivity index (χ0n) is 11.7. The maximum atomic E-state index is 12.3. The van der Waals surface area contributed by atoms with Gasteiger partial charge in [0.05, 0.1) is 0 Å². The van der Waals surface area contributed by atoms with Crippen molar-refractivity contribution in [2.45, 2.75) is 64.3 Å². The molecule has 2 saturated carbocycles. The lowest BCUT2D eigenvalue weighted by Gasteiger charge is -2.35. The lowest BCUT2D eigenvalue weighted by Crippen LogP contribution is -2.49. The minimum absolute atomic E-state index is 0.0624. The Hall–Kier alpha value is -1.06. The molecule has 0 aliphatic heterocycles. The number of hydrogen-bond donors (Lipinski definition) is 1. The van der Waals surface area contributed by atoms with Gasteiger partial charge in [-0.05, 0) is 31.6 Å². The molecular formula is C15H24NO3-. The molecule has 0 aromatic heterocycles. The van der Waals surface area contributed by atoms with Crippen molar-refractivity contribution in [1.29, 1.82) is 0 Å². The molecule has 2 fully saturated rings. The van der Waals surface area contributed by atoms with Crippen LogP contribution in [-0.4, -0.2) is 17.9 Å². The van der Waals surface area contributed by atoms with Gasteiger partial charge in [0.15, 0.2) is 0 Å². The first-order valence-electron chi connectivity index (χ1n) is 7.61. The molecule has 2 aliphatic rings. The second-order valence-corrected chi connectivity index (χ2v) is 6.19. The van der Waals surface area contributed by atoms with Crippen LogP contribution in [0.25, 0.3) is 0 Å². The maximum Gasteiger partial charge on any atom is 0.223 e. The zero-order valence-corrected chi connectivity index (χ0v) is 11.7. The van der Waals surface area contributed by atoms with Gasteiger partial charge in [0.1, 0.15) is 0 Å². The Morgan fingerprint density at radius 1 is 0.947 bits per heavy atom. The molecule has 0 bridgehead atoms. The third-order valence-corrected chi connectivity index (χ3v) is 4.84. The van der Waals surface area contributed by atoms with Crippen LogP contribution in [0, 0.1) is 17.8 Å². The summed E-state index contributed by atoms with van der Waals surface area (Å²) in [6.45, 7) is 2.17. The molecule has 4 nitrogen and oxygen atoms in total. The number of amides is 1. The van der Waals surface area contributed by atoms with Crippen molar-refractivity contribution < 1.29 is 14.7 Å². The van der Waals surface area contributed by atoms with Gasteiger partial charge in [-0.15, -0.1) is 0 Å². The lowest BCUT2D eigenvalue weighted by molar-refractivity contribution is -0.314. The topological polar surface area (TPSA) is 69.2 Å². The van der Waals surface area contributed by atoms with E-state index >= 15 is 0 Å². The fourth-order valence-corrected chi connectivity index (χ4v) is 3.55. The molecule has 19 heavy (non-hydrogen) atoms. The number of aliphatic carboxylic acids is 1. The predicted octanol–water partition coefficient (Wildman–Crippen LogP) is 1.24. The van der Waals surface area contributed by atoms with Gasteiger partial charge in [-0.3, -0.25) is 4.79 Å². The molecule has 4 heteroatoms. The number of carbonyl (C=O) groups excluding carboxylic acids is 2. The van der Waals surface area contributed by atoms with E-state index in [4.69, 9.17) is 0 Å². The van der Waals surface area contributed by atoms with Gasteiger partial charge < -0.3 is 15.2 Å². The molecule has 108 valence electrons. The molecule has 0 aromatic rings. The van der Waals surface area contributed by atoms with Crippen molar-refractivity contribution in [3.8, 4) is 0 Å². The highest BCUT2D eigenvalue weighted by Crippen LogP contribution is 2.31. The van der Waals surface area contributed by atoms with E-state index in [0.717, 1.165) is 32.1 Å². The summed E-state index contributed by atoms with van der Waals surface area (Å²) in [6, 6.07) is 0.227. The maximum absolute atomic E-state index is 12.3. The van der Waals surface area contributed by atoms with Crippen LogP contribution in [0.3, 0.4) is 0 Å². The van der Waals surface area contributed by atoms with Crippen molar-refractivity contribution in [2.75, 3.05) is 0 Å². The summed E-state index contributed by atoms with van der Waals surface area (Å²) in [7, 11) is 0. The fourth-order valence-electron chi connectivity index (χ4n) is 3.55. The molecule has 0 unspecified atom stereocenters. The summed E-state index contributed by atoms with van der Waals surface area (Å²) in [4.78, 5) is 23.5. The predicted molar refractivity (Wildman–Crippen MR) is 70.0 cm³/mol. The van der Waals surface area contributed by atoms with Gasteiger partial charge in [-0.1, -0.05) is 32.6 Å². The first-order chi connectivity index (χ1) is 9.09. The summed E-state index contributed by atoms with van der Waals surface area (Å²) >= 11 is 0. The highest BCUT2D eigenvalue weighted by atomic mass is 16.4. The van der Waals surface area contributed by atoms with E-state index in [1.54, 1.807) is 0 Å². The second kappa shape index (κ2) is 6.40. The fraction of sp³-hybridized carbons (Fsp3) is 0.867. The third kappa shape index (κ3) is 3.48. The smallest absolute Gasteiger partial charge is 0.223 e. The van der Waals surface area contributed by atoms with Crippen LogP contribution in [-0.2, 0) is 9.59 Å². The minimum Gasteiger partial charge on any atom is -0.550 e. The number of carboxylic acids is 1. The van der Waals surface area contributed by atoms with Crippen LogP contribution in [0.2, 0.25) is 0 Å². The number of rotatable bonds is 3. The van der Waals surface area contributed by atoms with Gasteiger partial charge in [0.2, 0.25) is 5.91 Å². The Labute approximate surface area is 115 Å². The molecule has 0 spiro atoms. The van der Waals surface area contributed by atoms with Gasteiger partial charge >= 0.3 is 0 Å². The molecule has 0 heterocycles. The van der Waals surface area contributed by atoms with Crippen molar-refractivity contribution in [3.63, 3.8) is 0 Å². The quantitative estimate of drug-likeness (QED) is 0.835. The van der Waals surface area contributed by atoms with Crippen LogP contribution in [0.4, 0.5) is 0 Å². The molecule has 1 N–H and O–H groups in total. The highest BCUT2D eigenvalue weighted by molar-refractivity contribution is 5.84. The normalized spacial score (nSPS) is 35.6.